The Morgan fingerprint density at radius 3 is 2.94 bits per heavy atom. The zero-order chi connectivity index (χ0) is 11.1. The average molecular weight is 221 g/mol. The molecule has 1 saturated heterocycles. The SMILES string of the molecule is CN1CCC(c2nc3n(n2)CCC(N)C3)C1. The maximum Gasteiger partial charge on any atom is 0.155 e. The van der Waals surface area contributed by atoms with Crippen LogP contribution in [0.5, 0.6) is 0 Å². The minimum atomic E-state index is 0.274. The number of likely N-dealkylation sites (N-methyl/N-ethyl adjacent to an activating group) is 1. The highest BCUT2D eigenvalue weighted by Crippen LogP contribution is 2.24. The number of likely N-dealkylation sites (tertiary alicyclic amines) is 1. The molecule has 2 atom stereocenters. The summed E-state index contributed by atoms with van der Waals surface area (Å²) in [5, 5.41) is 4.62. The van der Waals surface area contributed by atoms with Gasteiger partial charge in [-0.15, -0.1) is 0 Å². The first-order valence-corrected chi connectivity index (χ1v) is 6.10. The lowest BCUT2D eigenvalue weighted by Crippen LogP contribution is -2.31. The molecule has 5 nitrogen and oxygen atoms in total. The lowest BCUT2D eigenvalue weighted by atomic mass is 10.1. The van der Waals surface area contributed by atoms with E-state index in [0.717, 1.165) is 44.1 Å². The first-order valence-electron chi connectivity index (χ1n) is 6.10. The van der Waals surface area contributed by atoms with Gasteiger partial charge in [0.25, 0.3) is 0 Å². The second kappa shape index (κ2) is 3.82. The maximum atomic E-state index is 5.95. The van der Waals surface area contributed by atoms with Crippen LogP contribution in [0.2, 0.25) is 0 Å². The number of fused-ring (bicyclic) bond motifs is 1. The van der Waals surface area contributed by atoms with Crippen LogP contribution in [0.1, 0.15) is 30.4 Å². The van der Waals surface area contributed by atoms with Crippen molar-refractivity contribution in [2.24, 2.45) is 5.73 Å². The Labute approximate surface area is 95.6 Å². The molecule has 0 aliphatic carbocycles. The van der Waals surface area contributed by atoms with E-state index in [-0.39, 0.29) is 6.04 Å². The van der Waals surface area contributed by atoms with Crippen molar-refractivity contribution in [1.29, 1.82) is 0 Å². The quantitative estimate of drug-likeness (QED) is 0.723. The second-order valence-corrected chi connectivity index (χ2v) is 5.11. The van der Waals surface area contributed by atoms with E-state index >= 15 is 0 Å². The molecule has 2 aliphatic heterocycles. The molecule has 0 amide bonds. The van der Waals surface area contributed by atoms with Crippen LogP contribution in [0.25, 0.3) is 0 Å². The summed E-state index contributed by atoms with van der Waals surface area (Å²) in [4.78, 5) is 7.01. The van der Waals surface area contributed by atoms with Gasteiger partial charge >= 0.3 is 0 Å². The van der Waals surface area contributed by atoms with Crippen LogP contribution >= 0.6 is 0 Å². The predicted octanol–water partition coefficient (Wildman–Crippen LogP) is -0.0293. The van der Waals surface area contributed by atoms with Crippen molar-refractivity contribution in [3.63, 3.8) is 0 Å². The van der Waals surface area contributed by atoms with Crippen molar-refractivity contribution in [3.8, 4) is 0 Å². The van der Waals surface area contributed by atoms with E-state index in [1.165, 1.54) is 6.42 Å². The highest BCUT2D eigenvalue weighted by Gasteiger charge is 2.27. The van der Waals surface area contributed by atoms with Gasteiger partial charge in [0.1, 0.15) is 5.82 Å². The number of hydrogen-bond donors (Lipinski definition) is 1. The Kier molecular flexibility index (Phi) is 2.44. The molecule has 3 heterocycles. The Morgan fingerprint density at radius 2 is 2.19 bits per heavy atom. The normalized spacial score (nSPS) is 30.6. The topological polar surface area (TPSA) is 60.0 Å². The van der Waals surface area contributed by atoms with Gasteiger partial charge in [-0.1, -0.05) is 0 Å². The lowest BCUT2D eigenvalue weighted by Gasteiger charge is -2.17. The van der Waals surface area contributed by atoms with Crippen LogP contribution in [-0.4, -0.2) is 45.8 Å². The molecule has 1 aromatic heterocycles. The standard InChI is InChI=1S/C11H19N5/c1-15-4-2-8(7-15)11-13-10-6-9(12)3-5-16(10)14-11/h8-9H,2-7,12H2,1H3. The molecule has 1 fully saturated rings. The molecule has 2 N–H and O–H groups in total. The van der Waals surface area contributed by atoms with Gasteiger partial charge in [-0.25, -0.2) is 9.67 Å². The van der Waals surface area contributed by atoms with Gasteiger partial charge in [-0.05, 0) is 26.4 Å². The summed E-state index contributed by atoms with van der Waals surface area (Å²) in [6.07, 6.45) is 3.10. The minimum Gasteiger partial charge on any atom is -0.327 e. The van der Waals surface area contributed by atoms with Gasteiger partial charge < -0.3 is 10.6 Å². The summed E-state index contributed by atoms with van der Waals surface area (Å²) in [5.74, 6) is 2.65. The first kappa shape index (κ1) is 10.2. The fourth-order valence-corrected chi connectivity index (χ4v) is 2.67. The van der Waals surface area contributed by atoms with Crippen molar-refractivity contribution in [2.45, 2.75) is 37.8 Å². The van der Waals surface area contributed by atoms with E-state index in [2.05, 4.69) is 26.7 Å². The molecule has 2 unspecified atom stereocenters. The maximum absolute atomic E-state index is 5.95. The number of rotatable bonds is 1. The molecule has 0 spiro atoms. The number of aromatic nitrogens is 3. The first-order chi connectivity index (χ1) is 7.72. The number of nitrogens with zero attached hydrogens (tertiary/aromatic N) is 4. The smallest absolute Gasteiger partial charge is 0.155 e. The number of aryl methyl sites for hydroxylation is 1. The van der Waals surface area contributed by atoms with Crippen LogP contribution in [0.15, 0.2) is 0 Å². The second-order valence-electron chi connectivity index (χ2n) is 5.11. The molecule has 3 rings (SSSR count). The summed E-state index contributed by atoms with van der Waals surface area (Å²) in [7, 11) is 2.16. The van der Waals surface area contributed by atoms with Gasteiger partial charge in [-0.3, -0.25) is 0 Å². The van der Waals surface area contributed by atoms with Crippen LogP contribution in [0, 0.1) is 0 Å². The molecule has 0 aromatic carbocycles. The summed E-state index contributed by atoms with van der Waals surface area (Å²) < 4.78 is 2.05. The molecule has 0 bridgehead atoms. The third kappa shape index (κ3) is 1.74. The highest BCUT2D eigenvalue weighted by molar-refractivity contribution is 5.05. The van der Waals surface area contributed by atoms with Crippen molar-refractivity contribution >= 4 is 0 Å². The number of hydrogen-bond acceptors (Lipinski definition) is 4. The lowest BCUT2D eigenvalue weighted by molar-refractivity contribution is 0.408. The van der Waals surface area contributed by atoms with E-state index in [1.807, 2.05) is 0 Å². The highest BCUT2D eigenvalue weighted by atomic mass is 15.4. The Morgan fingerprint density at radius 1 is 1.31 bits per heavy atom. The van der Waals surface area contributed by atoms with E-state index in [9.17, 15) is 0 Å². The molecule has 0 saturated carbocycles. The molecule has 5 heteroatoms. The monoisotopic (exact) mass is 221 g/mol. The number of nitrogens with two attached hydrogens (primary N) is 1. The summed E-state index contributed by atoms with van der Waals surface area (Å²) >= 11 is 0. The summed E-state index contributed by atoms with van der Waals surface area (Å²) in [5.41, 5.74) is 5.95. The summed E-state index contributed by atoms with van der Waals surface area (Å²) in [6, 6.07) is 0.274. The molecule has 0 radical (unpaired) electrons. The van der Waals surface area contributed by atoms with Gasteiger partial charge in [0.05, 0.1) is 0 Å². The van der Waals surface area contributed by atoms with Crippen molar-refractivity contribution < 1.29 is 0 Å². The molecular formula is C11H19N5. The Bertz CT molecular complexity index is 386. The van der Waals surface area contributed by atoms with Crippen LogP contribution in [0.3, 0.4) is 0 Å². The molecule has 2 aliphatic rings. The zero-order valence-electron chi connectivity index (χ0n) is 9.76. The zero-order valence-corrected chi connectivity index (χ0v) is 9.76. The molecular weight excluding hydrogens is 202 g/mol. The third-order valence-corrected chi connectivity index (χ3v) is 3.68. The summed E-state index contributed by atoms with van der Waals surface area (Å²) in [6.45, 7) is 3.19. The van der Waals surface area contributed by atoms with E-state index in [1.54, 1.807) is 0 Å². The van der Waals surface area contributed by atoms with Gasteiger partial charge in [0.2, 0.25) is 0 Å². The van der Waals surface area contributed by atoms with E-state index < -0.39 is 0 Å². The Balaban J connectivity index is 1.82. The third-order valence-electron chi connectivity index (χ3n) is 3.68. The molecule has 1 aromatic rings. The van der Waals surface area contributed by atoms with Crippen LogP contribution < -0.4 is 5.73 Å². The van der Waals surface area contributed by atoms with Crippen LogP contribution in [0.4, 0.5) is 0 Å². The fourth-order valence-electron chi connectivity index (χ4n) is 2.67. The van der Waals surface area contributed by atoms with Crippen molar-refractivity contribution in [2.75, 3.05) is 20.1 Å². The van der Waals surface area contributed by atoms with Gasteiger partial charge in [0, 0.05) is 31.5 Å². The van der Waals surface area contributed by atoms with E-state index in [4.69, 9.17) is 5.73 Å². The fraction of sp³-hybridized carbons (Fsp3) is 0.818. The average Bonchev–Trinajstić information content (AvgIpc) is 2.83. The van der Waals surface area contributed by atoms with Gasteiger partial charge in [0.15, 0.2) is 5.82 Å². The van der Waals surface area contributed by atoms with Crippen LogP contribution in [-0.2, 0) is 13.0 Å². The predicted molar refractivity (Wildman–Crippen MR) is 61.2 cm³/mol. The minimum absolute atomic E-state index is 0.274. The molecule has 16 heavy (non-hydrogen) atoms. The van der Waals surface area contributed by atoms with Gasteiger partial charge in [-0.2, -0.15) is 5.10 Å². The van der Waals surface area contributed by atoms with E-state index in [0.29, 0.717) is 5.92 Å². The molecule has 88 valence electrons. The van der Waals surface area contributed by atoms with Crippen molar-refractivity contribution in [3.05, 3.63) is 11.6 Å². The Hall–Kier alpha value is -0.940. The largest absolute Gasteiger partial charge is 0.327 e. The van der Waals surface area contributed by atoms with Crippen molar-refractivity contribution in [1.82, 2.24) is 19.7 Å².